The molecular weight excluding hydrogens is 138 g/mol. The van der Waals surface area contributed by atoms with Crippen molar-refractivity contribution in [3.63, 3.8) is 0 Å². The summed E-state index contributed by atoms with van der Waals surface area (Å²) in [7, 11) is 0. The molecule has 5 N–H and O–H groups in total. The third kappa shape index (κ3) is 0.939. The van der Waals surface area contributed by atoms with Gasteiger partial charge in [0, 0.05) is 0 Å². The zero-order valence-electron chi connectivity index (χ0n) is 6.12. The normalized spacial score (nSPS) is 28.5. The summed E-state index contributed by atoms with van der Waals surface area (Å²) >= 11 is 0. The summed E-state index contributed by atoms with van der Waals surface area (Å²) in [5.41, 5.74) is 13.7. The summed E-state index contributed by atoms with van der Waals surface area (Å²) in [6, 6.07) is 7.94. The van der Waals surface area contributed by atoms with E-state index in [1.54, 1.807) is 0 Å². The summed E-state index contributed by atoms with van der Waals surface area (Å²) in [5.74, 6) is 0. The van der Waals surface area contributed by atoms with Crippen LogP contribution in [0.1, 0.15) is 23.5 Å². The molecule has 1 aliphatic rings. The van der Waals surface area contributed by atoms with E-state index < -0.39 is 0 Å². The lowest BCUT2D eigenvalue weighted by Crippen LogP contribution is -2.28. The molecule has 0 bridgehead atoms. The van der Waals surface area contributed by atoms with Gasteiger partial charge in [-0.15, -0.1) is 0 Å². The van der Waals surface area contributed by atoms with E-state index in [1.165, 1.54) is 0 Å². The van der Waals surface area contributed by atoms with Gasteiger partial charge in [-0.2, -0.15) is 0 Å². The van der Waals surface area contributed by atoms with Gasteiger partial charge in [0.25, 0.3) is 0 Å². The molecule has 2 atom stereocenters. The third-order valence-corrected chi connectivity index (χ3v) is 2.03. The molecular formula is C8H11N3. The summed E-state index contributed by atoms with van der Waals surface area (Å²) in [6.45, 7) is 0. The second-order valence-electron chi connectivity index (χ2n) is 2.75. The first-order chi connectivity index (χ1) is 5.29. The van der Waals surface area contributed by atoms with Crippen molar-refractivity contribution >= 4 is 0 Å². The summed E-state index contributed by atoms with van der Waals surface area (Å²) in [5, 5.41) is 3.04. The molecule has 1 aromatic carbocycles. The minimum absolute atomic E-state index is 0.0961. The molecule has 58 valence electrons. The van der Waals surface area contributed by atoms with Crippen molar-refractivity contribution in [1.82, 2.24) is 5.32 Å². The van der Waals surface area contributed by atoms with E-state index in [9.17, 15) is 0 Å². The molecule has 0 saturated carbocycles. The number of hydrogen-bond donors (Lipinski definition) is 3. The fraction of sp³-hybridized carbons (Fsp3) is 0.250. The van der Waals surface area contributed by atoms with Crippen molar-refractivity contribution in [2.45, 2.75) is 12.3 Å². The van der Waals surface area contributed by atoms with Crippen molar-refractivity contribution < 1.29 is 0 Å². The molecule has 3 heteroatoms. The van der Waals surface area contributed by atoms with Crippen LogP contribution < -0.4 is 16.8 Å². The molecule has 0 aliphatic carbocycles. The Morgan fingerprint density at radius 3 is 1.91 bits per heavy atom. The maximum absolute atomic E-state index is 5.75. The van der Waals surface area contributed by atoms with Gasteiger partial charge in [-0.3, -0.25) is 5.32 Å². The Morgan fingerprint density at radius 2 is 1.45 bits per heavy atom. The van der Waals surface area contributed by atoms with Crippen LogP contribution in [0.2, 0.25) is 0 Å². The molecule has 1 aromatic rings. The summed E-state index contributed by atoms with van der Waals surface area (Å²) in [6.07, 6.45) is -0.192. The van der Waals surface area contributed by atoms with Crippen LogP contribution >= 0.6 is 0 Å². The highest BCUT2D eigenvalue weighted by Crippen LogP contribution is 2.25. The van der Waals surface area contributed by atoms with Crippen LogP contribution in [0.15, 0.2) is 24.3 Å². The molecule has 0 aromatic heterocycles. The van der Waals surface area contributed by atoms with Gasteiger partial charge in [0.15, 0.2) is 0 Å². The molecule has 0 amide bonds. The Morgan fingerprint density at radius 1 is 1.00 bits per heavy atom. The topological polar surface area (TPSA) is 64.1 Å². The first kappa shape index (κ1) is 6.79. The Kier molecular flexibility index (Phi) is 1.42. The Hall–Kier alpha value is -0.900. The van der Waals surface area contributed by atoms with Crippen LogP contribution in [-0.2, 0) is 0 Å². The Bertz CT molecular complexity index is 245. The van der Waals surface area contributed by atoms with Crippen molar-refractivity contribution in [2.24, 2.45) is 11.5 Å². The number of benzene rings is 1. The van der Waals surface area contributed by atoms with Crippen LogP contribution in [0.3, 0.4) is 0 Å². The van der Waals surface area contributed by atoms with E-state index in [0.29, 0.717) is 0 Å². The largest absolute Gasteiger partial charge is 0.312 e. The molecule has 0 fully saturated rings. The number of rotatable bonds is 0. The van der Waals surface area contributed by atoms with Crippen molar-refractivity contribution in [3.8, 4) is 0 Å². The Labute approximate surface area is 65.4 Å². The lowest BCUT2D eigenvalue weighted by molar-refractivity contribution is 0.519. The van der Waals surface area contributed by atoms with Crippen molar-refractivity contribution in [1.29, 1.82) is 0 Å². The SMILES string of the molecule is NC1NC(N)c2ccccc21. The van der Waals surface area contributed by atoms with Gasteiger partial charge in [0.2, 0.25) is 0 Å². The molecule has 2 rings (SSSR count). The van der Waals surface area contributed by atoms with Gasteiger partial charge < -0.3 is 11.5 Å². The second kappa shape index (κ2) is 2.30. The molecule has 11 heavy (non-hydrogen) atoms. The fourth-order valence-corrected chi connectivity index (χ4v) is 1.45. The lowest BCUT2D eigenvalue weighted by Gasteiger charge is -2.04. The smallest absolute Gasteiger partial charge is 0.0828 e. The predicted molar refractivity (Wildman–Crippen MR) is 43.4 cm³/mol. The van der Waals surface area contributed by atoms with Gasteiger partial charge in [-0.05, 0) is 11.1 Å². The van der Waals surface area contributed by atoms with Gasteiger partial charge in [-0.1, -0.05) is 24.3 Å². The van der Waals surface area contributed by atoms with Crippen LogP contribution in [0.4, 0.5) is 0 Å². The first-order valence-corrected chi connectivity index (χ1v) is 3.65. The first-order valence-electron chi connectivity index (χ1n) is 3.65. The van der Waals surface area contributed by atoms with Gasteiger partial charge in [0.05, 0.1) is 12.3 Å². The second-order valence-corrected chi connectivity index (χ2v) is 2.75. The minimum Gasteiger partial charge on any atom is -0.312 e. The summed E-state index contributed by atoms with van der Waals surface area (Å²) < 4.78 is 0. The fourth-order valence-electron chi connectivity index (χ4n) is 1.45. The highest BCUT2D eigenvalue weighted by Gasteiger charge is 2.23. The predicted octanol–water partition coefficient (Wildman–Crippen LogP) is 0.204. The molecule has 0 spiro atoms. The molecule has 0 saturated heterocycles. The van der Waals surface area contributed by atoms with E-state index in [-0.39, 0.29) is 12.3 Å². The zero-order valence-corrected chi connectivity index (χ0v) is 6.12. The van der Waals surface area contributed by atoms with Gasteiger partial charge in [0.1, 0.15) is 0 Å². The van der Waals surface area contributed by atoms with E-state index in [0.717, 1.165) is 11.1 Å². The van der Waals surface area contributed by atoms with E-state index >= 15 is 0 Å². The summed E-state index contributed by atoms with van der Waals surface area (Å²) in [4.78, 5) is 0. The minimum atomic E-state index is -0.0961. The van der Waals surface area contributed by atoms with Crippen molar-refractivity contribution in [3.05, 3.63) is 35.4 Å². The average Bonchev–Trinajstić information content (AvgIpc) is 2.30. The maximum atomic E-state index is 5.75. The number of nitrogens with two attached hydrogens (primary N) is 2. The molecule has 1 heterocycles. The van der Waals surface area contributed by atoms with Crippen LogP contribution in [-0.4, -0.2) is 0 Å². The standard InChI is InChI=1S/C8H11N3/c9-7-5-3-1-2-4-6(5)8(10)11-7/h1-4,7-8,11H,9-10H2. The number of nitrogens with one attached hydrogen (secondary N) is 1. The average molecular weight is 149 g/mol. The monoisotopic (exact) mass is 149 g/mol. The molecule has 1 aliphatic heterocycles. The van der Waals surface area contributed by atoms with Gasteiger partial charge in [-0.25, -0.2) is 0 Å². The van der Waals surface area contributed by atoms with Crippen molar-refractivity contribution in [2.75, 3.05) is 0 Å². The van der Waals surface area contributed by atoms with E-state index in [2.05, 4.69) is 5.32 Å². The van der Waals surface area contributed by atoms with Crippen LogP contribution in [0, 0.1) is 0 Å². The number of hydrogen-bond acceptors (Lipinski definition) is 3. The van der Waals surface area contributed by atoms with Gasteiger partial charge >= 0.3 is 0 Å². The third-order valence-electron chi connectivity index (χ3n) is 2.03. The quantitative estimate of drug-likeness (QED) is 0.494. The molecule has 3 nitrogen and oxygen atoms in total. The van der Waals surface area contributed by atoms with E-state index in [1.807, 2.05) is 24.3 Å². The highest BCUT2D eigenvalue weighted by molar-refractivity contribution is 5.35. The molecule has 0 radical (unpaired) electrons. The van der Waals surface area contributed by atoms with Crippen LogP contribution in [0.25, 0.3) is 0 Å². The Balaban J connectivity index is 2.52. The highest BCUT2D eigenvalue weighted by atomic mass is 15.1. The number of fused-ring (bicyclic) bond motifs is 1. The lowest BCUT2D eigenvalue weighted by atomic mass is 10.1. The maximum Gasteiger partial charge on any atom is 0.0828 e. The van der Waals surface area contributed by atoms with E-state index in [4.69, 9.17) is 11.5 Å². The zero-order chi connectivity index (χ0) is 7.84. The van der Waals surface area contributed by atoms with Crippen LogP contribution in [0.5, 0.6) is 0 Å². The molecule has 2 unspecified atom stereocenters.